The first-order chi connectivity index (χ1) is 18.4. The van der Waals surface area contributed by atoms with Gasteiger partial charge in [-0.2, -0.15) is 18.3 Å². The molecule has 1 aliphatic rings. The van der Waals surface area contributed by atoms with Crippen molar-refractivity contribution < 1.29 is 17.9 Å². The summed E-state index contributed by atoms with van der Waals surface area (Å²) < 4.78 is 46.7. The van der Waals surface area contributed by atoms with Gasteiger partial charge in [0.15, 0.2) is 0 Å². The van der Waals surface area contributed by atoms with Crippen LogP contribution in [0.15, 0.2) is 55.2 Å². The lowest BCUT2D eigenvalue weighted by Gasteiger charge is -2.41. The van der Waals surface area contributed by atoms with Crippen LogP contribution in [0.4, 0.5) is 18.9 Å². The molecule has 0 radical (unpaired) electrons. The second-order valence-electron chi connectivity index (χ2n) is 9.54. The summed E-state index contributed by atoms with van der Waals surface area (Å²) in [7, 11) is 0. The highest BCUT2D eigenvalue weighted by Gasteiger charge is 2.31. The molecular formula is C26H27F3N8O. The van der Waals surface area contributed by atoms with Crippen LogP contribution in [0.3, 0.4) is 0 Å². The Morgan fingerprint density at radius 1 is 1.03 bits per heavy atom. The number of hydrogen-bond donors (Lipinski definition) is 3. The zero-order valence-electron chi connectivity index (χ0n) is 20.5. The van der Waals surface area contributed by atoms with Crippen molar-refractivity contribution in [1.82, 2.24) is 35.3 Å². The number of anilines is 1. The molecule has 3 N–H and O–H groups in total. The number of aromatic nitrogens is 6. The highest BCUT2D eigenvalue weighted by Crippen LogP contribution is 2.33. The Morgan fingerprint density at radius 3 is 2.68 bits per heavy atom. The molecule has 9 nitrogen and oxygen atoms in total. The minimum absolute atomic E-state index is 0.191. The molecule has 4 heterocycles. The van der Waals surface area contributed by atoms with Gasteiger partial charge in [-0.25, -0.2) is 0 Å². The minimum atomic E-state index is -4.33. The van der Waals surface area contributed by atoms with Crippen LogP contribution in [-0.4, -0.2) is 62.3 Å². The van der Waals surface area contributed by atoms with Gasteiger partial charge in [0.05, 0.1) is 34.8 Å². The van der Waals surface area contributed by atoms with Crippen LogP contribution in [0.2, 0.25) is 0 Å². The van der Waals surface area contributed by atoms with Gasteiger partial charge in [-0.15, -0.1) is 10.2 Å². The summed E-state index contributed by atoms with van der Waals surface area (Å²) in [5, 5.41) is 20.0. The van der Waals surface area contributed by atoms with Gasteiger partial charge in [0.1, 0.15) is 12.7 Å². The Balaban J connectivity index is 0.919. The molecule has 198 valence electrons. The van der Waals surface area contributed by atoms with Crippen molar-refractivity contribution in [3.05, 3.63) is 66.5 Å². The third kappa shape index (κ3) is 5.09. The number of rotatable bonds is 10. The number of aromatic amines is 2. The number of ether oxygens (including phenoxy) is 1. The third-order valence-electron chi connectivity index (χ3n) is 6.85. The Hall–Kier alpha value is -3.90. The zero-order valence-corrected chi connectivity index (χ0v) is 20.5. The first-order valence-corrected chi connectivity index (χ1v) is 12.5. The van der Waals surface area contributed by atoms with Gasteiger partial charge in [0, 0.05) is 48.2 Å². The number of alkyl halides is 3. The van der Waals surface area contributed by atoms with Crippen LogP contribution in [0.5, 0.6) is 0 Å². The van der Waals surface area contributed by atoms with Crippen molar-refractivity contribution >= 4 is 27.5 Å². The molecule has 6 rings (SSSR count). The Kier molecular flexibility index (Phi) is 6.50. The van der Waals surface area contributed by atoms with E-state index in [2.05, 4.69) is 41.7 Å². The first kappa shape index (κ1) is 24.4. The molecule has 1 saturated heterocycles. The average Bonchev–Trinajstić information content (AvgIpc) is 3.63. The van der Waals surface area contributed by atoms with Gasteiger partial charge in [0.25, 0.3) is 0 Å². The maximum atomic E-state index is 12.9. The van der Waals surface area contributed by atoms with Gasteiger partial charge in [-0.3, -0.25) is 9.67 Å². The van der Waals surface area contributed by atoms with E-state index < -0.39 is 11.7 Å². The van der Waals surface area contributed by atoms with Crippen molar-refractivity contribution in [3.63, 3.8) is 0 Å². The molecule has 0 atom stereocenters. The van der Waals surface area contributed by atoms with Crippen molar-refractivity contribution in [2.24, 2.45) is 0 Å². The molecule has 5 aromatic rings. The predicted molar refractivity (Wildman–Crippen MR) is 137 cm³/mol. The summed E-state index contributed by atoms with van der Waals surface area (Å²) in [4.78, 5) is 5.46. The molecule has 0 spiro atoms. The first-order valence-electron chi connectivity index (χ1n) is 12.5. The van der Waals surface area contributed by atoms with Gasteiger partial charge in [0.2, 0.25) is 0 Å². The number of nitrogens with zero attached hydrogens (tertiary/aromatic N) is 5. The monoisotopic (exact) mass is 524 g/mol. The molecule has 3 aromatic heterocycles. The number of benzene rings is 2. The molecule has 1 fully saturated rings. The normalized spacial score (nSPS) is 14.6. The molecule has 0 aliphatic carbocycles. The number of nitrogens with one attached hydrogen (secondary N) is 3. The van der Waals surface area contributed by atoms with Gasteiger partial charge < -0.3 is 19.9 Å². The topological polar surface area (TPSA) is 99.7 Å². The second kappa shape index (κ2) is 10.1. The highest BCUT2D eigenvalue weighted by atomic mass is 19.4. The zero-order chi connectivity index (χ0) is 26.1. The number of unbranched alkanes of at least 4 members (excludes halogenated alkanes) is 1. The van der Waals surface area contributed by atoms with E-state index in [4.69, 9.17) is 4.74 Å². The molecule has 0 unspecified atom stereocenters. The van der Waals surface area contributed by atoms with E-state index in [1.165, 1.54) is 12.1 Å². The van der Waals surface area contributed by atoms with Crippen molar-refractivity contribution in [2.75, 3.05) is 31.1 Å². The SMILES string of the molecule is FC(F)(F)c1ccc2[nH]c(CNCCCCOC3CN(c4cc(-n5cnnc5)cc5[nH]ncc45)C3)cc2c1. The Morgan fingerprint density at radius 2 is 1.87 bits per heavy atom. The second-order valence-corrected chi connectivity index (χ2v) is 9.54. The van der Waals surface area contributed by atoms with Gasteiger partial charge in [-0.05, 0) is 55.8 Å². The number of fused-ring (bicyclic) bond motifs is 2. The van der Waals surface area contributed by atoms with Crippen LogP contribution >= 0.6 is 0 Å². The van der Waals surface area contributed by atoms with E-state index in [1.807, 2.05) is 16.8 Å². The van der Waals surface area contributed by atoms with Crippen LogP contribution in [-0.2, 0) is 17.5 Å². The maximum Gasteiger partial charge on any atom is 0.416 e. The Bertz CT molecular complexity index is 1520. The number of H-pyrrole nitrogens is 2. The van der Waals surface area contributed by atoms with E-state index >= 15 is 0 Å². The molecule has 0 bridgehead atoms. The highest BCUT2D eigenvalue weighted by molar-refractivity contribution is 5.94. The lowest BCUT2D eigenvalue weighted by molar-refractivity contribution is -0.137. The molecule has 12 heteroatoms. The van der Waals surface area contributed by atoms with Crippen molar-refractivity contribution in [3.8, 4) is 5.69 Å². The predicted octanol–water partition coefficient (Wildman–Crippen LogP) is 4.42. The fourth-order valence-corrected chi connectivity index (χ4v) is 4.79. The van der Waals surface area contributed by atoms with Crippen molar-refractivity contribution in [1.29, 1.82) is 0 Å². The summed E-state index contributed by atoms with van der Waals surface area (Å²) >= 11 is 0. The molecule has 1 aliphatic heterocycles. The third-order valence-corrected chi connectivity index (χ3v) is 6.85. The number of hydrogen-bond acceptors (Lipinski definition) is 6. The van der Waals surface area contributed by atoms with Gasteiger partial charge >= 0.3 is 6.18 Å². The van der Waals surface area contributed by atoms with E-state index in [0.717, 1.165) is 66.5 Å². The standard InChI is InChI=1S/C26H27F3N8O/c27-26(28,29)18-3-4-23-17(7-18)8-19(34-23)11-30-5-1-2-6-38-21-13-36(14-21)25-10-20(37-15-32-33-16-37)9-24-22(25)12-31-35-24/h3-4,7-10,12,15-16,21,30,34H,1-2,5-6,11,13-14H2,(H,31,35). The molecular weight excluding hydrogens is 497 g/mol. The van der Waals surface area contributed by atoms with E-state index in [0.29, 0.717) is 24.1 Å². The Labute approximate surface area is 216 Å². The summed E-state index contributed by atoms with van der Waals surface area (Å²) in [5.74, 6) is 0. The average molecular weight is 525 g/mol. The summed E-state index contributed by atoms with van der Waals surface area (Å²) in [6.07, 6.45) is 2.93. The maximum absolute atomic E-state index is 12.9. The lowest BCUT2D eigenvalue weighted by atomic mass is 10.1. The summed E-state index contributed by atoms with van der Waals surface area (Å²) in [6.45, 7) is 3.71. The van der Waals surface area contributed by atoms with Crippen LogP contribution in [0, 0.1) is 0 Å². The van der Waals surface area contributed by atoms with Crippen LogP contribution in [0.1, 0.15) is 24.1 Å². The fraction of sp³-hybridized carbons (Fsp3) is 0.346. The van der Waals surface area contributed by atoms with Gasteiger partial charge in [-0.1, -0.05) is 0 Å². The fourth-order valence-electron chi connectivity index (χ4n) is 4.79. The van der Waals surface area contributed by atoms with E-state index in [9.17, 15) is 13.2 Å². The van der Waals surface area contributed by atoms with E-state index in [-0.39, 0.29) is 6.10 Å². The summed E-state index contributed by atoms with van der Waals surface area (Å²) in [5.41, 5.74) is 3.98. The molecule has 0 amide bonds. The quantitative estimate of drug-likeness (QED) is 0.234. The number of halogens is 3. The largest absolute Gasteiger partial charge is 0.416 e. The van der Waals surface area contributed by atoms with Crippen molar-refractivity contribution in [2.45, 2.75) is 31.7 Å². The molecule has 38 heavy (non-hydrogen) atoms. The molecule has 2 aromatic carbocycles. The smallest absolute Gasteiger partial charge is 0.375 e. The van der Waals surface area contributed by atoms with E-state index in [1.54, 1.807) is 18.7 Å². The van der Waals surface area contributed by atoms with Crippen LogP contribution in [0.25, 0.3) is 27.5 Å². The minimum Gasteiger partial charge on any atom is -0.375 e. The lowest BCUT2D eigenvalue weighted by Crippen LogP contribution is -2.52. The van der Waals surface area contributed by atoms with Crippen LogP contribution < -0.4 is 10.2 Å². The molecule has 0 saturated carbocycles. The summed E-state index contributed by atoms with van der Waals surface area (Å²) in [6, 6.07) is 9.67.